The number of carbonyl (C=O) groups excluding carboxylic acids is 3. The van der Waals surface area contributed by atoms with Gasteiger partial charge in [0.1, 0.15) is 18.0 Å². The minimum Gasteiger partial charge on any atom is -0.465 e. The Morgan fingerprint density at radius 2 is 1.93 bits per heavy atom. The van der Waals surface area contributed by atoms with Gasteiger partial charge in [-0.25, -0.2) is 0 Å². The molecule has 0 aromatic rings. The third-order valence-corrected chi connectivity index (χ3v) is 5.25. The third kappa shape index (κ3) is 5.83. The van der Waals surface area contributed by atoms with E-state index < -0.39 is 35.5 Å². The van der Waals surface area contributed by atoms with Crippen molar-refractivity contribution in [1.29, 1.82) is 0 Å². The van der Waals surface area contributed by atoms with Crippen molar-refractivity contribution in [1.82, 2.24) is 0 Å². The molecule has 1 saturated heterocycles. The second-order valence-corrected chi connectivity index (χ2v) is 7.58. The van der Waals surface area contributed by atoms with Gasteiger partial charge in [0, 0.05) is 25.3 Å². The average molecular weight is 396 g/mol. The van der Waals surface area contributed by atoms with Gasteiger partial charge in [-0.05, 0) is 19.3 Å². The Bertz CT molecular complexity index is 626. The van der Waals surface area contributed by atoms with Crippen molar-refractivity contribution in [3.8, 4) is 0 Å². The number of rotatable bonds is 13. The van der Waals surface area contributed by atoms with Crippen molar-refractivity contribution in [3.05, 3.63) is 24.8 Å². The Labute approximate surface area is 166 Å². The molecule has 0 radical (unpaired) electrons. The van der Waals surface area contributed by atoms with Gasteiger partial charge in [0.25, 0.3) is 0 Å². The Balaban J connectivity index is 2.97. The lowest BCUT2D eigenvalue weighted by Crippen LogP contribution is -2.45. The van der Waals surface area contributed by atoms with Gasteiger partial charge in [0.2, 0.25) is 0 Å². The number of carbonyl (C=O) groups is 3. The predicted molar refractivity (Wildman–Crippen MR) is 103 cm³/mol. The van der Waals surface area contributed by atoms with E-state index in [0.717, 1.165) is 0 Å². The van der Waals surface area contributed by atoms with Gasteiger partial charge < -0.3 is 19.7 Å². The van der Waals surface area contributed by atoms with Crippen LogP contribution in [-0.2, 0) is 23.9 Å². The van der Waals surface area contributed by atoms with Gasteiger partial charge in [-0.15, -0.1) is 6.58 Å². The van der Waals surface area contributed by atoms with Gasteiger partial charge in [-0.1, -0.05) is 26.5 Å². The Morgan fingerprint density at radius 3 is 2.43 bits per heavy atom. The van der Waals surface area contributed by atoms with Crippen LogP contribution in [0.15, 0.2) is 24.8 Å². The van der Waals surface area contributed by atoms with Crippen LogP contribution in [0.5, 0.6) is 0 Å². The van der Waals surface area contributed by atoms with Gasteiger partial charge in [-0.2, -0.15) is 0 Å². The SMILES string of the molecule is C=CC[C@H](C)[C@H]1O[C@@]1(C)[C@@H](O)[C@@H](COC(C)=O)C(=O)C(=C)C(O)CC(=O)CC. The number of allylic oxidation sites excluding steroid dienone is 1. The second-order valence-electron chi connectivity index (χ2n) is 7.58. The molecule has 0 spiro atoms. The molecular formula is C21H32O7. The van der Waals surface area contributed by atoms with E-state index in [9.17, 15) is 24.6 Å². The molecule has 0 saturated carbocycles. The molecule has 6 atom stereocenters. The van der Waals surface area contributed by atoms with Crippen LogP contribution in [0.25, 0.3) is 0 Å². The summed E-state index contributed by atoms with van der Waals surface area (Å²) < 4.78 is 10.7. The summed E-state index contributed by atoms with van der Waals surface area (Å²) in [5.74, 6) is -2.55. The first-order valence-corrected chi connectivity index (χ1v) is 9.52. The number of epoxide rings is 1. The van der Waals surface area contributed by atoms with E-state index in [0.29, 0.717) is 6.42 Å². The Kier molecular flexibility index (Phi) is 8.73. The first-order valence-electron chi connectivity index (χ1n) is 9.52. The van der Waals surface area contributed by atoms with Gasteiger partial charge in [0.15, 0.2) is 5.78 Å². The Morgan fingerprint density at radius 1 is 1.32 bits per heavy atom. The van der Waals surface area contributed by atoms with Crippen LogP contribution >= 0.6 is 0 Å². The number of ketones is 2. The zero-order valence-electron chi connectivity index (χ0n) is 17.1. The first-order chi connectivity index (χ1) is 13.0. The summed E-state index contributed by atoms with van der Waals surface area (Å²) in [4.78, 5) is 35.7. The van der Waals surface area contributed by atoms with Crippen LogP contribution in [0, 0.1) is 11.8 Å². The molecule has 1 fully saturated rings. The van der Waals surface area contributed by atoms with E-state index in [1.807, 2.05) is 6.92 Å². The molecule has 1 unspecified atom stereocenters. The summed E-state index contributed by atoms with van der Waals surface area (Å²) in [6, 6.07) is 0. The molecule has 28 heavy (non-hydrogen) atoms. The smallest absolute Gasteiger partial charge is 0.302 e. The van der Waals surface area contributed by atoms with E-state index in [4.69, 9.17) is 9.47 Å². The zero-order chi connectivity index (χ0) is 21.6. The van der Waals surface area contributed by atoms with Crippen molar-refractivity contribution in [3.63, 3.8) is 0 Å². The fourth-order valence-electron chi connectivity index (χ4n) is 3.35. The van der Waals surface area contributed by atoms with Gasteiger partial charge in [0.05, 0.1) is 24.2 Å². The molecule has 1 aliphatic heterocycles. The summed E-state index contributed by atoms with van der Waals surface area (Å²) >= 11 is 0. The number of Topliss-reactive ketones (excluding diaryl/α,β-unsaturated/α-hetero) is 2. The Hall–Kier alpha value is -1.83. The molecule has 7 nitrogen and oxygen atoms in total. The molecule has 0 aromatic heterocycles. The van der Waals surface area contributed by atoms with Crippen molar-refractivity contribution < 1.29 is 34.1 Å². The zero-order valence-corrected chi connectivity index (χ0v) is 17.1. The minimum absolute atomic E-state index is 0.0811. The van der Waals surface area contributed by atoms with Crippen LogP contribution in [0.4, 0.5) is 0 Å². The summed E-state index contributed by atoms with van der Waals surface area (Å²) in [5.41, 5.74) is -1.19. The minimum atomic E-state index is -1.35. The first kappa shape index (κ1) is 24.2. The van der Waals surface area contributed by atoms with Gasteiger partial charge in [-0.3, -0.25) is 14.4 Å². The van der Waals surface area contributed by atoms with E-state index in [2.05, 4.69) is 13.2 Å². The number of hydrogen-bond acceptors (Lipinski definition) is 7. The normalized spacial score (nSPS) is 25.1. The van der Waals surface area contributed by atoms with Gasteiger partial charge >= 0.3 is 5.97 Å². The summed E-state index contributed by atoms with van der Waals surface area (Å²) in [5, 5.41) is 21.0. The molecule has 1 heterocycles. The topological polar surface area (TPSA) is 113 Å². The molecular weight excluding hydrogens is 364 g/mol. The highest BCUT2D eigenvalue weighted by Crippen LogP contribution is 2.47. The number of hydrogen-bond donors (Lipinski definition) is 2. The van der Waals surface area contributed by atoms with E-state index in [1.54, 1.807) is 19.9 Å². The summed E-state index contributed by atoms with van der Waals surface area (Å²) in [7, 11) is 0. The quantitative estimate of drug-likeness (QED) is 0.211. The average Bonchev–Trinajstić information content (AvgIpc) is 3.33. The second kappa shape index (κ2) is 10.1. The lowest BCUT2D eigenvalue weighted by atomic mass is 9.81. The molecule has 0 bridgehead atoms. The maximum absolute atomic E-state index is 12.9. The van der Waals surface area contributed by atoms with Crippen LogP contribution in [-0.4, -0.2) is 58.3 Å². The predicted octanol–water partition coefficient (Wildman–Crippen LogP) is 1.75. The number of aliphatic hydroxyl groups excluding tert-OH is 2. The fourth-order valence-corrected chi connectivity index (χ4v) is 3.35. The number of esters is 1. The van der Waals surface area contributed by atoms with Crippen molar-refractivity contribution in [2.45, 2.75) is 70.9 Å². The highest BCUT2D eigenvalue weighted by Gasteiger charge is 2.62. The molecule has 2 N–H and O–H groups in total. The van der Waals surface area contributed by atoms with Crippen LogP contribution in [0.2, 0.25) is 0 Å². The highest BCUT2D eigenvalue weighted by molar-refractivity contribution is 5.99. The van der Waals surface area contributed by atoms with Crippen LogP contribution in [0.1, 0.15) is 47.0 Å². The standard InChI is InChI=1S/C21H32O7/c1-7-9-12(3)20-21(6,28-20)19(26)16(11-27-14(5)22)18(25)13(4)17(24)10-15(23)8-2/h7,12,16-17,19-20,24,26H,1,4,8-11H2,2-3,5-6H3/t12-,16-,17?,19-,20+,21-/m0/s1. The largest absolute Gasteiger partial charge is 0.465 e. The van der Waals surface area contributed by atoms with Crippen molar-refractivity contribution in [2.75, 3.05) is 6.61 Å². The van der Waals surface area contributed by atoms with E-state index in [-0.39, 0.29) is 42.8 Å². The number of aliphatic hydroxyl groups is 2. The van der Waals surface area contributed by atoms with Crippen LogP contribution < -0.4 is 0 Å². The third-order valence-electron chi connectivity index (χ3n) is 5.25. The maximum atomic E-state index is 12.9. The lowest BCUT2D eigenvalue weighted by Gasteiger charge is -2.27. The molecule has 158 valence electrons. The number of ether oxygens (including phenoxy) is 2. The molecule has 7 heteroatoms. The maximum Gasteiger partial charge on any atom is 0.302 e. The van der Waals surface area contributed by atoms with E-state index in [1.165, 1.54) is 6.92 Å². The molecule has 0 aliphatic carbocycles. The monoisotopic (exact) mass is 396 g/mol. The molecule has 0 amide bonds. The summed E-state index contributed by atoms with van der Waals surface area (Å²) in [6.45, 7) is 13.4. The molecule has 1 rings (SSSR count). The highest BCUT2D eigenvalue weighted by atomic mass is 16.6. The fraction of sp³-hybridized carbons (Fsp3) is 0.667. The van der Waals surface area contributed by atoms with Crippen molar-refractivity contribution >= 4 is 17.5 Å². The van der Waals surface area contributed by atoms with E-state index >= 15 is 0 Å². The summed E-state index contributed by atoms with van der Waals surface area (Å²) in [6.07, 6.45) is -0.480. The molecule has 1 aliphatic rings. The lowest BCUT2D eigenvalue weighted by molar-refractivity contribution is -0.146. The van der Waals surface area contributed by atoms with Crippen molar-refractivity contribution in [2.24, 2.45) is 11.8 Å². The van der Waals surface area contributed by atoms with Crippen LogP contribution in [0.3, 0.4) is 0 Å². The molecule has 0 aromatic carbocycles.